The highest BCUT2D eigenvalue weighted by molar-refractivity contribution is 5.90. The molecule has 2 unspecified atom stereocenters. The molecule has 1 N–H and O–H groups in total. The van der Waals surface area contributed by atoms with E-state index in [1.165, 1.54) is 0 Å². The molecule has 12 atom stereocenters. The Balaban J connectivity index is 1.39. The molecular weight excluding hydrogens is 444 g/mol. The molecule has 0 spiro atoms. The largest absolute Gasteiger partial charge is 0.481 e. The third-order valence-corrected chi connectivity index (χ3v) is 11.6. The SMILES string of the molecule is CC(C)C1=C[C@@H]2C[C@]3(C=O)[C@@H]4CC[C@@H](C)[C@H]4CC2(CO[C@H]2C[C@H]4[C@H](OC[C@H]4C)[C@@H](C)O2)C13C(=O)O. The highest BCUT2D eigenvalue weighted by atomic mass is 16.7. The zero-order chi connectivity index (χ0) is 24.9. The molecule has 35 heavy (non-hydrogen) atoms. The minimum Gasteiger partial charge on any atom is -0.481 e. The number of carbonyl (C=O) groups excluding carboxylic acids is 1. The molecule has 2 aliphatic heterocycles. The zero-order valence-corrected chi connectivity index (χ0v) is 21.9. The summed E-state index contributed by atoms with van der Waals surface area (Å²) in [4.78, 5) is 26.7. The Morgan fingerprint density at radius 3 is 2.66 bits per heavy atom. The van der Waals surface area contributed by atoms with Crippen LogP contribution in [0.3, 0.4) is 0 Å². The van der Waals surface area contributed by atoms with Crippen LogP contribution >= 0.6 is 0 Å². The Labute approximate surface area is 209 Å². The fourth-order valence-corrected chi connectivity index (χ4v) is 10.3. The topological polar surface area (TPSA) is 82.1 Å². The van der Waals surface area contributed by atoms with Gasteiger partial charge in [-0.2, -0.15) is 0 Å². The molecule has 6 aliphatic rings. The molecule has 0 amide bonds. The van der Waals surface area contributed by atoms with Gasteiger partial charge in [0.15, 0.2) is 6.29 Å². The number of hydrogen-bond acceptors (Lipinski definition) is 5. The number of carbonyl (C=O) groups is 2. The number of fused-ring (bicyclic) bond motifs is 3. The zero-order valence-electron chi connectivity index (χ0n) is 21.9. The van der Waals surface area contributed by atoms with Crippen LogP contribution in [0.15, 0.2) is 11.6 Å². The second kappa shape index (κ2) is 7.88. The van der Waals surface area contributed by atoms with Crippen molar-refractivity contribution in [1.82, 2.24) is 0 Å². The third-order valence-electron chi connectivity index (χ3n) is 11.6. The lowest BCUT2D eigenvalue weighted by atomic mass is 9.43. The fourth-order valence-electron chi connectivity index (χ4n) is 10.3. The normalized spacial score (nSPS) is 54.0. The molecule has 2 heterocycles. The van der Waals surface area contributed by atoms with Gasteiger partial charge in [-0.25, -0.2) is 0 Å². The number of rotatable bonds is 6. The second-order valence-corrected chi connectivity index (χ2v) is 13.2. The Kier molecular flexibility index (Phi) is 5.43. The van der Waals surface area contributed by atoms with E-state index in [1.54, 1.807) is 0 Å². The molecule has 6 heteroatoms. The van der Waals surface area contributed by atoms with Crippen molar-refractivity contribution in [2.24, 2.45) is 57.7 Å². The van der Waals surface area contributed by atoms with Crippen molar-refractivity contribution in [1.29, 1.82) is 0 Å². The van der Waals surface area contributed by atoms with E-state index in [1.807, 2.05) is 0 Å². The number of hydrogen-bond donors (Lipinski definition) is 1. The van der Waals surface area contributed by atoms with E-state index in [9.17, 15) is 14.7 Å². The van der Waals surface area contributed by atoms with Crippen LogP contribution < -0.4 is 0 Å². The van der Waals surface area contributed by atoms with Gasteiger partial charge in [0.2, 0.25) is 0 Å². The lowest BCUT2D eigenvalue weighted by Crippen LogP contribution is -2.63. The van der Waals surface area contributed by atoms with Crippen LogP contribution in [0.1, 0.15) is 66.7 Å². The molecule has 194 valence electrons. The van der Waals surface area contributed by atoms with Gasteiger partial charge in [-0.3, -0.25) is 4.79 Å². The van der Waals surface area contributed by atoms with Gasteiger partial charge in [-0.1, -0.05) is 45.8 Å². The van der Waals surface area contributed by atoms with Gasteiger partial charge in [0.1, 0.15) is 11.7 Å². The highest BCUT2D eigenvalue weighted by Gasteiger charge is 2.84. The third kappa shape index (κ3) is 2.77. The maximum absolute atomic E-state index is 13.5. The van der Waals surface area contributed by atoms with Crippen LogP contribution in [0, 0.1) is 57.7 Å². The number of carboxylic acids is 1. The van der Waals surface area contributed by atoms with E-state index in [0.717, 1.165) is 44.1 Å². The summed E-state index contributed by atoms with van der Waals surface area (Å²) in [6.45, 7) is 11.9. The Morgan fingerprint density at radius 1 is 1.20 bits per heavy atom. The van der Waals surface area contributed by atoms with Gasteiger partial charge in [0.05, 0.1) is 30.8 Å². The fraction of sp³-hybridized carbons (Fsp3) is 0.862. The van der Waals surface area contributed by atoms with Gasteiger partial charge in [-0.15, -0.1) is 0 Å². The van der Waals surface area contributed by atoms with Gasteiger partial charge in [0.25, 0.3) is 0 Å². The molecule has 2 saturated heterocycles. The van der Waals surface area contributed by atoms with E-state index in [2.05, 4.69) is 40.7 Å². The smallest absolute Gasteiger partial charge is 0.315 e. The van der Waals surface area contributed by atoms with Crippen LogP contribution in [0.2, 0.25) is 0 Å². The summed E-state index contributed by atoms with van der Waals surface area (Å²) in [6.07, 6.45) is 7.32. The quantitative estimate of drug-likeness (QED) is 0.432. The molecule has 6 rings (SSSR count). The van der Waals surface area contributed by atoms with Crippen molar-refractivity contribution < 1.29 is 28.9 Å². The van der Waals surface area contributed by atoms with Gasteiger partial charge in [0, 0.05) is 11.8 Å². The summed E-state index contributed by atoms with van der Waals surface area (Å²) in [7, 11) is 0. The minimum absolute atomic E-state index is 0.0426. The van der Waals surface area contributed by atoms with Gasteiger partial charge in [-0.05, 0) is 67.6 Å². The molecule has 0 aromatic carbocycles. The molecular formula is C29H42O6. The van der Waals surface area contributed by atoms with Crippen molar-refractivity contribution in [3.05, 3.63) is 11.6 Å². The summed E-state index contributed by atoms with van der Waals surface area (Å²) in [6, 6.07) is 0. The second-order valence-electron chi connectivity index (χ2n) is 13.2. The number of ether oxygens (including phenoxy) is 3. The molecule has 5 fully saturated rings. The summed E-state index contributed by atoms with van der Waals surface area (Å²) in [5.74, 6) is 1.22. The van der Waals surface area contributed by atoms with Crippen LogP contribution in [0.25, 0.3) is 0 Å². The number of aliphatic carboxylic acids is 1. The summed E-state index contributed by atoms with van der Waals surface area (Å²) in [5, 5.41) is 11.1. The lowest BCUT2D eigenvalue weighted by molar-refractivity contribution is -0.251. The maximum atomic E-state index is 13.5. The predicted octanol–water partition coefficient (Wildman–Crippen LogP) is 4.71. The van der Waals surface area contributed by atoms with E-state index in [0.29, 0.717) is 36.7 Å². The first-order valence-corrected chi connectivity index (χ1v) is 13.9. The average Bonchev–Trinajstić information content (AvgIpc) is 3.50. The predicted molar refractivity (Wildman–Crippen MR) is 129 cm³/mol. The standard InChI is InChI=1S/C29H42O6/c1-15(2)23-8-19-10-27(13-30)22-7-6-16(3)21(22)11-28(19,29(23,27)26(31)32)14-34-24-9-20-17(4)12-33-25(20)18(5)35-24/h8,13,15-22,24-25H,6-7,9-12,14H2,1-5H3,(H,31,32)/t16-,17-,18-,19-,20-,21-,22-,24-,25-,27+,28?,29?/m1/s1. The van der Waals surface area contributed by atoms with Crippen molar-refractivity contribution in [3.8, 4) is 0 Å². The van der Waals surface area contributed by atoms with Crippen LogP contribution in [-0.4, -0.2) is 49.1 Å². The van der Waals surface area contributed by atoms with Crippen molar-refractivity contribution >= 4 is 12.3 Å². The summed E-state index contributed by atoms with van der Waals surface area (Å²) >= 11 is 0. The lowest BCUT2D eigenvalue weighted by Gasteiger charge is -2.58. The van der Waals surface area contributed by atoms with Crippen LogP contribution in [0.5, 0.6) is 0 Å². The maximum Gasteiger partial charge on any atom is 0.315 e. The monoisotopic (exact) mass is 486 g/mol. The molecule has 3 saturated carbocycles. The van der Waals surface area contributed by atoms with Crippen molar-refractivity contribution in [2.75, 3.05) is 13.2 Å². The molecule has 4 bridgehead atoms. The summed E-state index contributed by atoms with van der Waals surface area (Å²) in [5.41, 5.74) is -1.65. The number of aldehydes is 1. The van der Waals surface area contributed by atoms with Crippen LogP contribution in [-0.2, 0) is 23.8 Å². The first-order valence-electron chi connectivity index (χ1n) is 13.9. The van der Waals surface area contributed by atoms with Gasteiger partial charge < -0.3 is 24.1 Å². The van der Waals surface area contributed by atoms with Crippen molar-refractivity contribution in [3.63, 3.8) is 0 Å². The Morgan fingerprint density at radius 2 is 1.97 bits per heavy atom. The minimum atomic E-state index is -1.18. The van der Waals surface area contributed by atoms with Crippen LogP contribution in [0.4, 0.5) is 0 Å². The molecule has 6 nitrogen and oxygen atoms in total. The molecule has 0 radical (unpaired) electrons. The van der Waals surface area contributed by atoms with Crippen molar-refractivity contribution in [2.45, 2.75) is 85.2 Å². The van der Waals surface area contributed by atoms with E-state index >= 15 is 0 Å². The first-order chi connectivity index (χ1) is 16.6. The molecule has 0 aromatic rings. The van der Waals surface area contributed by atoms with E-state index in [-0.39, 0.29) is 36.3 Å². The first kappa shape index (κ1) is 24.1. The highest BCUT2D eigenvalue weighted by Crippen LogP contribution is 2.82. The summed E-state index contributed by atoms with van der Waals surface area (Å²) < 4.78 is 18.9. The number of allylic oxidation sites excluding steroid dienone is 1. The van der Waals surface area contributed by atoms with E-state index in [4.69, 9.17) is 14.2 Å². The van der Waals surface area contributed by atoms with E-state index < -0.39 is 22.2 Å². The number of carboxylic acid groups (broad SMARTS) is 1. The molecule has 4 aliphatic carbocycles. The Bertz CT molecular complexity index is 943. The van der Waals surface area contributed by atoms with Gasteiger partial charge >= 0.3 is 5.97 Å². The average molecular weight is 487 g/mol. The molecule has 0 aromatic heterocycles. The Hall–Kier alpha value is -1.24.